The van der Waals surface area contributed by atoms with Gasteiger partial charge < -0.3 is 10.6 Å². The van der Waals surface area contributed by atoms with Crippen LogP contribution in [0.15, 0.2) is 0 Å². The van der Waals surface area contributed by atoms with Gasteiger partial charge in [0.15, 0.2) is 0 Å². The first-order valence-electron chi connectivity index (χ1n) is 7.24. The lowest BCUT2D eigenvalue weighted by atomic mass is 9.92. The molecule has 0 radical (unpaired) electrons. The third kappa shape index (κ3) is 3.70. The number of likely N-dealkylation sites (tertiary alicyclic amines) is 1. The zero-order chi connectivity index (χ0) is 12.3. The van der Waals surface area contributed by atoms with Gasteiger partial charge in [-0.15, -0.1) is 0 Å². The SMILES string of the molecule is CCCC1CCN(C(=O)CC(N)C2CC2)CC1. The van der Waals surface area contributed by atoms with Crippen LogP contribution in [0.3, 0.4) is 0 Å². The molecule has 1 atom stereocenters. The van der Waals surface area contributed by atoms with E-state index < -0.39 is 0 Å². The van der Waals surface area contributed by atoms with Crippen LogP contribution in [0.4, 0.5) is 0 Å². The molecule has 0 aromatic rings. The molecule has 17 heavy (non-hydrogen) atoms. The molecule has 2 rings (SSSR count). The molecule has 2 fully saturated rings. The number of amides is 1. The fraction of sp³-hybridized carbons (Fsp3) is 0.929. The molecule has 2 aliphatic rings. The highest BCUT2D eigenvalue weighted by Gasteiger charge is 2.31. The number of nitrogens with zero attached hydrogens (tertiary/aromatic N) is 1. The number of hydrogen-bond donors (Lipinski definition) is 1. The highest BCUT2D eigenvalue weighted by molar-refractivity contribution is 5.77. The Morgan fingerprint density at radius 3 is 2.47 bits per heavy atom. The van der Waals surface area contributed by atoms with Crippen LogP contribution >= 0.6 is 0 Å². The first-order valence-corrected chi connectivity index (χ1v) is 7.24. The van der Waals surface area contributed by atoms with Gasteiger partial charge >= 0.3 is 0 Å². The molecule has 1 saturated heterocycles. The molecule has 3 heteroatoms. The number of carbonyl (C=O) groups excluding carboxylic acids is 1. The van der Waals surface area contributed by atoms with E-state index in [0.717, 1.165) is 19.0 Å². The smallest absolute Gasteiger partial charge is 0.224 e. The Bertz CT molecular complexity index is 255. The van der Waals surface area contributed by atoms with Gasteiger partial charge in [0, 0.05) is 25.6 Å². The molecular formula is C14H26N2O. The number of rotatable bonds is 5. The fourth-order valence-corrected chi connectivity index (χ4v) is 2.90. The van der Waals surface area contributed by atoms with Gasteiger partial charge in [0.1, 0.15) is 0 Å². The van der Waals surface area contributed by atoms with Gasteiger partial charge in [0.2, 0.25) is 5.91 Å². The molecule has 1 amide bonds. The van der Waals surface area contributed by atoms with Crippen LogP contribution in [0.1, 0.15) is 51.9 Å². The van der Waals surface area contributed by atoms with Gasteiger partial charge in [0.25, 0.3) is 0 Å². The third-order valence-electron chi connectivity index (χ3n) is 4.30. The van der Waals surface area contributed by atoms with E-state index in [1.807, 2.05) is 4.90 Å². The molecule has 0 aromatic heterocycles. The van der Waals surface area contributed by atoms with Gasteiger partial charge in [-0.25, -0.2) is 0 Å². The van der Waals surface area contributed by atoms with Crippen molar-refractivity contribution in [3.8, 4) is 0 Å². The summed E-state index contributed by atoms with van der Waals surface area (Å²) in [6.45, 7) is 4.16. The normalized spacial score (nSPS) is 23.8. The minimum Gasteiger partial charge on any atom is -0.343 e. The Labute approximate surface area is 105 Å². The van der Waals surface area contributed by atoms with Crippen LogP contribution in [0.5, 0.6) is 0 Å². The zero-order valence-electron chi connectivity index (χ0n) is 11.0. The lowest BCUT2D eigenvalue weighted by molar-refractivity contribution is -0.133. The molecule has 0 bridgehead atoms. The van der Waals surface area contributed by atoms with Crippen molar-refractivity contribution in [2.45, 2.75) is 57.9 Å². The van der Waals surface area contributed by atoms with E-state index in [1.54, 1.807) is 0 Å². The largest absolute Gasteiger partial charge is 0.343 e. The van der Waals surface area contributed by atoms with Crippen LogP contribution in [0.25, 0.3) is 0 Å². The summed E-state index contributed by atoms with van der Waals surface area (Å²) in [5, 5.41) is 0. The van der Waals surface area contributed by atoms with E-state index in [1.165, 1.54) is 38.5 Å². The Morgan fingerprint density at radius 2 is 1.94 bits per heavy atom. The fourth-order valence-electron chi connectivity index (χ4n) is 2.90. The average molecular weight is 238 g/mol. The molecule has 1 aliphatic carbocycles. The van der Waals surface area contributed by atoms with Crippen LogP contribution < -0.4 is 5.73 Å². The molecule has 1 aliphatic heterocycles. The summed E-state index contributed by atoms with van der Waals surface area (Å²) in [5.74, 6) is 1.78. The average Bonchev–Trinajstić information content (AvgIpc) is 3.14. The highest BCUT2D eigenvalue weighted by atomic mass is 16.2. The van der Waals surface area contributed by atoms with Crippen molar-refractivity contribution < 1.29 is 4.79 Å². The van der Waals surface area contributed by atoms with E-state index in [2.05, 4.69) is 6.92 Å². The van der Waals surface area contributed by atoms with Crippen LogP contribution in [-0.4, -0.2) is 29.9 Å². The first kappa shape index (κ1) is 12.9. The molecule has 1 saturated carbocycles. The van der Waals surface area contributed by atoms with E-state index in [9.17, 15) is 4.79 Å². The lowest BCUT2D eigenvalue weighted by Crippen LogP contribution is -2.41. The Kier molecular flexibility index (Phi) is 4.43. The first-order chi connectivity index (χ1) is 8.20. The molecule has 2 N–H and O–H groups in total. The number of carbonyl (C=O) groups is 1. The minimum atomic E-state index is 0.121. The summed E-state index contributed by atoms with van der Waals surface area (Å²) >= 11 is 0. The summed E-state index contributed by atoms with van der Waals surface area (Å²) in [5.41, 5.74) is 6.01. The summed E-state index contributed by atoms with van der Waals surface area (Å²) in [6, 6.07) is 0.121. The highest BCUT2D eigenvalue weighted by Crippen LogP contribution is 2.33. The van der Waals surface area contributed by atoms with Crippen molar-refractivity contribution in [1.29, 1.82) is 0 Å². The summed E-state index contributed by atoms with van der Waals surface area (Å²) in [6.07, 6.45) is 8.01. The van der Waals surface area contributed by atoms with Crippen molar-refractivity contribution in [3.05, 3.63) is 0 Å². The molecular weight excluding hydrogens is 212 g/mol. The Balaban J connectivity index is 1.70. The number of nitrogens with two attached hydrogens (primary N) is 1. The summed E-state index contributed by atoms with van der Waals surface area (Å²) < 4.78 is 0. The van der Waals surface area contributed by atoms with Crippen molar-refractivity contribution >= 4 is 5.91 Å². The maximum atomic E-state index is 12.1. The lowest BCUT2D eigenvalue weighted by Gasteiger charge is -2.32. The quantitative estimate of drug-likeness (QED) is 0.797. The second-order valence-corrected chi connectivity index (χ2v) is 5.82. The monoisotopic (exact) mass is 238 g/mol. The molecule has 1 unspecified atom stereocenters. The van der Waals surface area contributed by atoms with E-state index in [0.29, 0.717) is 18.2 Å². The van der Waals surface area contributed by atoms with Crippen LogP contribution in [0.2, 0.25) is 0 Å². The Morgan fingerprint density at radius 1 is 1.29 bits per heavy atom. The minimum absolute atomic E-state index is 0.121. The van der Waals surface area contributed by atoms with Crippen LogP contribution in [0, 0.1) is 11.8 Å². The zero-order valence-corrected chi connectivity index (χ0v) is 11.0. The predicted molar refractivity (Wildman–Crippen MR) is 69.5 cm³/mol. The molecule has 1 heterocycles. The third-order valence-corrected chi connectivity index (χ3v) is 4.30. The van der Waals surface area contributed by atoms with Crippen molar-refractivity contribution in [2.24, 2.45) is 17.6 Å². The number of piperidine rings is 1. The maximum absolute atomic E-state index is 12.1. The second-order valence-electron chi connectivity index (χ2n) is 5.82. The van der Waals surface area contributed by atoms with Gasteiger partial charge in [-0.05, 0) is 37.5 Å². The molecule has 3 nitrogen and oxygen atoms in total. The summed E-state index contributed by atoms with van der Waals surface area (Å²) in [4.78, 5) is 14.1. The van der Waals surface area contributed by atoms with Crippen molar-refractivity contribution in [1.82, 2.24) is 4.90 Å². The predicted octanol–water partition coefficient (Wildman–Crippen LogP) is 2.15. The van der Waals surface area contributed by atoms with E-state index in [-0.39, 0.29) is 6.04 Å². The topological polar surface area (TPSA) is 46.3 Å². The van der Waals surface area contributed by atoms with E-state index >= 15 is 0 Å². The standard InChI is InChI=1S/C14H26N2O/c1-2-3-11-6-8-16(9-7-11)14(17)10-13(15)12-4-5-12/h11-13H,2-10,15H2,1H3. The molecule has 0 aromatic carbocycles. The van der Waals surface area contributed by atoms with Gasteiger partial charge in [-0.1, -0.05) is 19.8 Å². The van der Waals surface area contributed by atoms with E-state index in [4.69, 9.17) is 5.73 Å². The van der Waals surface area contributed by atoms with Crippen LogP contribution in [-0.2, 0) is 4.79 Å². The summed E-state index contributed by atoms with van der Waals surface area (Å²) in [7, 11) is 0. The number of hydrogen-bond acceptors (Lipinski definition) is 2. The maximum Gasteiger partial charge on any atom is 0.224 e. The molecule has 0 spiro atoms. The molecule has 98 valence electrons. The second kappa shape index (κ2) is 5.85. The van der Waals surface area contributed by atoms with Gasteiger partial charge in [0.05, 0.1) is 0 Å². The van der Waals surface area contributed by atoms with Gasteiger partial charge in [-0.3, -0.25) is 4.79 Å². The Hall–Kier alpha value is -0.570. The van der Waals surface area contributed by atoms with Gasteiger partial charge in [-0.2, -0.15) is 0 Å². The van der Waals surface area contributed by atoms with Crippen molar-refractivity contribution in [3.63, 3.8) is 0 Å². The van der Waals surface area contributed by atoms with Crippen molar-refractivity contribution in [2.75, 3.05) is 13.1 Å².